The Kier molecular flexibility index (Phi) is 13.3. The van der Waals surface area contributed by atoms with Crippen LogP contribution in [0, 0.1) is 11.3 Å². The minimum atomic E-state index is -4.81. The van der Waals surface area contributed by atoms with Gasteiger partial charge in [0.25, 0.3) is 5.91 Å². The average Bonchev–Trinajstić information content (AvgIpc) is 3.35. The van der Waals surface area contributed by atoms with E-state index in [9.17, 15) is 37.6 Å². The van der Waals surface area contributed by atoms with E-state index in [1.54, 1.807) is 49.1 Å². The summed E-state index contributed by atoms with van der Waals surface area (Å²) in [6.07, 6.45) is -4.23. The van der Waals surface area contributed by atoms with Gasteiger partial charge in [-0.25, -0.2) is 0 Å². The first-order valence-electron chi connectivity index (χ1n) is 19.9. The second-order valence-electron chi connectivity index (χ2n) is 16.4. The van der Waals surface area contributed by atoms with Gasteiger partial charge in [-0.2, -0.15) is 18.4 Å². The molecule has 1 unspecified atom stereocenters. The first-order chi connectivity index (χ1) is 28.7. The number of piperazine rings is 1. The smallest absolute Gasteiger partial charge is 0.417 e. The highest BCUT2D eigenvalue weighted by Crippen LogP contribution is 2.41. The lowest BCUT2D eigenvalue weighted by Crippen LogP contribution is -2.58. The zero-order valence-electron chi connectivity index (χ0n) is 34.7. The normalized spacial score (nSPS) is 21.1. The first kappa shape index (κ1) is 45.3. The van der Waals surface area contributed by atoms with E-state index in [1.165, 1.54) is 6.07 Å². The summed E-state index contributed by atoms with van der Waals surface area (Å²) in [6.45, 7) is 14.0. The van der Waals surface area contributed by atoms with Gasteiger partial charge in [-0.3, -0.25) is 39.2 Å². The van der Waals surface area contributed by atoms with Gasteiger partial charge in [0.2, 0.25) is 17.7 Å². The number of alkyl halides is 3. The molecule has 3 saturated heterocycles. The van der Waals surface area contributed by atoms with E-state index in [4.69, 9.17) is 28.6 Å². The Bertz CT molecular complexity index is 2280. The monoisotopic (exact) mass is 880 g/mol. The van der Waals surface area contributed by atoms with Gasteiger partial charge in [0.1, 0.15) is 23.9 Å². The Morgan fingerprint density at radius 1 is 1.02 bits per heavy atom. The molecule has 61 heavy (non-hydrogen) atoms. The summed E-state index contributed by atoms with van der Waals surface area (Å²) in [4.78, 5) is 57.9. The summed E-state index contributed by atoms with van der Waals surface area (Å²) in [7, 11) is 0. The fraction of sp³-hybridized carbons (Fsp3) is 0.442. The third-order valence-corrected chi connectivity index (χ3v) is 11.8. The Labute approximate surface area is 363 Å². The van der Waals surface area contributed by atoms with Crippen LogP contribution in [-0.2, 0) is 25.4 Å². The molecule has 3 atom stereocenters. The number of carbonyl (C=O) groups is 4. The maximum Gasteiger partial charge on any atom is 0.417 e. The van der Waals surface area contributed by atoms with E-state index in [0.717, 1.165) is 22.6 Å². The number of hydrogen-bond acceptors (Lipinski definition) is 10. The number of anilines is 4. The number of ether oxygens (including phenoxy) is 1. The highest BCUT2D eigenvalue weighted by Gasteiger charge is 2.51. The van der Waals surface area contributed by atoms with E-state index in [2.05, 4.69) is 39.6 Å². The molecule has 3 aliphatic rings. The average molecular weight is 881 g/mol. The van der Waals surface area contributed by atoms with Crippen LogP contribution in [0.15, 0.2) is 54.6 Å². The van der Waals surface area contributed by atoms with E-state index in [0.29, 0.717) is 60.5 Å². The molecule has 0 saturated carbocycles. The fourth-order valence-corrected chi connectivity index (χ4v) is 8.71. The molecule has 0 radical (unpaired) electrons. The number of nitrogens with zero attached hydrogens (tertiary/aromatic N) is 5. The number of nitrogens with one attached hydrogen (secondary N) is 3. The van der Waals surface area contributed by atoms with Gasteiger partial charge in [0.15, 0.2) is 5.11 Å². The number of hydrogen-bond donors (Lipinski definition) is 3. The van der Waals surface area contributed by atoms with Gasteiger partial charge in [0, 0.05) is 60.2 Å². The number of thiocarbonyl (C=S) groups is 1. The van der Waals surface area contributed by atoms with Crippen LogP contribution in [0.4, 0.5) is 35.9 Å². The number of carbonyl (C=O) groups excluding carboxylic acids is 4. The SMILES string of the molecule is CC(C)c1cc(N2C(=S)N(c3ccc(C#N)c(C(F)(F)F)c3)C(=O)C2(C)C)ccc1OCCN1C[C@@H](C)N(CC(=O)Nc2cc(Cl)cc(NC3CCC(=O)NC3=O)c2)C[C@H]1C. The third-order valence-electron chi connectivity index (χ3n) is 11.2. The van der Waals surface area contributed by atoms with Crippen LogP contribution in [0.5, 0.6) is 5.75 Å². The lowest BCUT2D eigenvalue weighted by molar-refractivity contribution is -0.138. The van der Waals surface area contributed by atoms with Gasteiger partial charge in [0.05, 0.1) is 29.4 Å². The van der Waals surface area contributed by atoms with Crippen molar-refractivity contribution in [1.29, 1.82) is 5.26 Å². The van der Waals surface area contributed by atoms with Crippen molar-refractivity contribution in [2.45, 2.75) is 90.1 Å². The molecule has 13 nitrogen and oxygen atoms in total. The van der Waals surface area contributed by atoms with Crippen LogP contribution < -0.4 is 30.5 Å². The van der Waals surface area contributed by atoms with Gasteiger partial charge in [-0.1, -0.05) is 25.4 Å². The number of piperidine rings is 1. The Hall–Kier alpha value is -5.28. The van der Waals surface area contributed by atoms with E-state index >= 15 is 0 Å². The molecule has 3 heterocycles. The van der Waals surface area contributed by atoms with Crippen molar-refractivity contribution in [2.24, 2.45) is 0 Å². The summed E-state index contributed by atoms with van der Waals surface area (Å²) < 4.78 is 47.9. The molecule has 3 aromatic carbocycles. The predicted octanol–water partition coefficient (Wildman–Crippen LogP) is 6.90. The summed E-state index contributed by atoms with van der Waals surface area (Å²) in [5, 5.41) is 18.0. The van der Waals surface area contributed by atoms with Crippen molar-refractivity contribution in [1.82, 2.24) is 15.1 Å². The zero-order valence-corrected chi connectivity index (χ0v) is 36.2. The Balaban J connectivity index is 1.06. The topological polar surface area (TPSA) is 150 Å². The van der Waals surface area contributed by atoms with Crippen LogP contribution in [0.3, 0.4) is 0 Å². The van der Waals surface area contributed by atoms with Crippen LogP contribution in [0.1, 0.15) is 77.0 Å². The first-order valence-corrected chi connectivity index (χ1v) is 20.7. The summed E-state index contributed by atoms with van der Waals surface area (Å²) in [5.41, 5.74) is -0.568. The maximum absolute atomic E-state index is 13.8. The minimum Gasteiger partial charge on any atom is -0.492 e. The molecule has 0 aliphatic carbocycles. The van der Waals surface area contributed by atoms with Crippen molar-refractivity contribution in [3.05, 3.63) is 76.3 Å². The van der Waals surface area contributed by atoms with E-state index in [-0.39, 0.29) is 53.6 Å². The minimum absolute atomic E-state index is 0.00245. The molecular formula is C43H48ClF3N8O5S. The van der Waals surface area contributed by atoms with Gasteiger partial charge < -0.3 is 20.3 Å². The van der Waals surface area contributed by atoms with Crippen molar-refractivity contribution in [3.8, 4) is 11.8 Å². The number of imide groups is 1. The third kappa shape index (κ3) is 9.94. The standard InChI is InChI=1S/C43H48ClF3N8O5S/c1-24(2)33-18-32(55-41(61)54(40(59)42(55,5)6)31-8-7-27(20-48)34(19-31)43(45,46)47)9-11-36(33)60-14-13-52-21-26(4)53(22-25(52)3)23-38(57)50-30-16-28(44)15-29(17-30)49-35-10-12-37(56)51-39(35)58/h7-9,11,15-19,24-26,35,49H,10,12-14,21-23H2,1-6H3,(H,50,57)(H,51,56,58)/t25-,26-,35?/m1/s1. The molecule has 4 amide bonds. The molecule has 18 heteroatoms. The quantitative estimate of drug-likeness (QED) is 0.129. The predicted molar refractivity (Wildman–Crippen MR) is 231 cm³/mol. The second-order valence-corrected chi connectivity index (χ2v) is 17.2. The number of halogens is 4. The van der Waals surface area contributed by atoms with Crippen molar-refractivity contribution < 1.29 is 37.1 Å². The molecule has 3 aliphatic heterocycles. The summed E-state index contributed by atoms with van der Waals surface area (Å²) in [6, 6.07) is 14.7. The highest BCUT2D eigenvalue weighted by molar-refractivity contribution is 7.81. The van der Waals surface area contributed by atoms with Gasteiger partial charge in [-0.05, 0) is 112 Å². The van der Waals surface area contributed by atoms with E-state index < -0.39 is 40.7 Å². The molecule has 3 aromatic rings. The van der Waals surface area contributed by atoms with Crippen molar-refractivity contribution >= 4 is 75.3 Å². The second kappa shape index (κ2) is 18.0. The summed E-state index contributed by atoms with van der Waals surface area (Å²) in [5.74, 6) is -0.791. The van der Waals surface area contributed by atoms with Crippen LogP contribution in [0.2, 0.25) is 5.02 Å². The van der Waals surface area contributed by atoms with Gasteiger partial charge >= 0.3 is 6.18 Å². The molecule has 6 rings (SSSR count). The van der Waals surface area contributed by atoms with Crippen LogP contribution in [0.25, 0.3) is 0 Å². The Morgan fingerprint density at radius 2 is 1.69 bits per heavy atom. The fourth-order valence-electron chi connectivity index (χ4n) is 7.95. The van der Waals surface area contributed by atoms with Gasteiger partial charge in [-0.15, -0.1) is 0 Å². The molecule has 0 bridgehead atoms. The van der Waals surface area contributed by atoms with Crippen molar-refractivity contribution in [2.75, 3.05) is 53.2 Å². The number of rotatable bonds is 12. The van der Waals surface area contributed by atoms with Crippen LogP contribution in [-0.4, -0.2) is 95.0 Å². The number of nitriles is 1. The number of amides is 4. The molecule has 0 aromatic heterocycles. The Morgan fingerprint density at radius 3 is 2.36 bits per heavy atom. The number of benzene rings is 3. The maximum atomic E-state index is 13.8. The lowest BCUT2D eigenvalue weighted by Gasteiger charge is -2.43. The van der Waals surface area contributed by atoms with Crippen LogP contribution >= 0.6 is 23.8 Å². The lowest BCUT2D eigenvalue weighted by atomic mass is 9.98. The molecular weight excluding hydrogens is 833 g/mol. The van der Waals surface area contributed by atoms with E-state index in [1.807, 2.05) is 26.0 Å². The molecule has 324 valence electrons. The summed E-state index contributed by atoms with van der Waals surface area (Å²) >= 11 is 12.1. The zero-order chi connectivity index (χ0) is 44.6. The van der Waals surface area contributed by atoms with Crippen molar-refractivity contribution in [3.63, 3.8) is 0 Å². The molecule has 0 spiro atoms. The molecule has 3 fully saturated rings. The largest absolute Gasteiger partial charge is 0.492 e. The highest BCUT2D eigenvalue weighted by atomic mass is 35.5. The molecule has 3 N–H and O–H groups in total.